The van der Waals surface area contributed by atoms with E-state index in [2.05, 4.69) is 15.3 Å². The van der Waals surface area contributed by atoms with Crippen LogP contribution in [0.25, 0.3) is 0 Å². The first kappa shape index (κ1) is 24.9. The SMILES string of the molecule is CC(C)N.CC(C)Nc1cc(C#N)cc(Cl)n1.N#Cc1cc(Cl)nc(Cl)c1. The second-order valence-electron chi connectivity index (χ2n) is 5.83. The summed E-state index contributed by atoms with van der Waals surface area (Å²) in [5, 5.41) is 20.9. The summed E-state index contributed by atoms with van der Waals surface area (Å²) in [7, 11) is 0. The van der Waals surface area contributed by atoms with Crippen LogP contribution in [0.4, 0.5) is 5.82 Å². The summed E-state index contributed by atoms with van der Waals surface area (Å²) in [6.07, 6.45) is 0. The molecule has 9 heteroatoms. The van der Waals surface area contributed by atoms with E-state index in [9.17, 15) is 0 Å². The quantitative estimate of drug-likeness (QED) is 0.649. The van der Waals surface area contributed by atoms with Crippen LogP contribution in [0.1, 0.15) is 38.8 Å². The van der Waals surface area contributed by atoms with E-state index in [4.69, 9.17) is 51.1 Å². The van der Waals surface area contributed by atoms with Crippen molar-refractivity contribution in [2.45, 2.75) is 39.8 Å². The van der Waals surface area contributed by atoms with Crippen molar-refractivity contribution in [2.75, 3.05) is 5.32 Å². The van der Waals surface area contributed by atoms with Gasteiger partial charge in [-0.05, 0) is 44.2 Å². The van der Waals surface area contributed by atoms with Gasteiger partial charge in [-0.15, -0.1) is 0 Å². The Morgan fingerprint density at radius 2 is 1.22 bits per heavy atom. The molecule has 0 amide bonds. The van der Waals surface area contributed by atoms with Gasteiger partial charge in [-0.3, -0.25) is 0 Å². The molecule has 0 radical (unpaired) electrons. The van der Waals surface area contributed by atoms with E-state index < -0.39 is 0 Å². The molecular formula is C18H21Cl3N6. The number of hydrogen-bond donors (Lipinski definition) is 2. The van der Waals surface area contributed by atoms with Crippen molar-refractivity contribution in [3.63, 3.8) is 0 Å². The molecular weight excluding hydrogens is 407 g/mol. The van der Waals surface area contributed by atoms with Gasteiger partial charge < -0.3 is 11.1 Å². The van der Waals surface area contributed by atoms with Gasteiger partial charge in [0.25, 0.3) is 0 Å². The lowest BCUT2D eigenvalue weighted by Gasteiger charge is -2.08. The Labute approximate surface area is 174 Å². The molecule has 0 fully saturated rings. The number of aromatic nitrogens is 2. The van der Waals surface area contributed by atoms with Crippen LogP contribution in [0.5, 0.6) is 0 Å². The average Bonchev–Trinajstić information content (AvgIpc) is 2.52. The number of hydrogen-bond acceptors (Lipinski definition) is 6. The Morgan fingerprint density at radius 1 is 0.852 bits per heavy atom. The van der Waals surface area contributed by atoms with Crippen LogP contribution in [0.2, 0.25) is 15.5 Å². The third kappa shape index (κ3) is 12.8. The minimum atomic E-state index is 0.240. The normalized spacial score (nSPS) is 9.33. The van der Waals surface area contributed by atoms with Crippen molar-refractivity contribution < 1.29 is 0 Å². The van der Waals surface area contributed by atoms with E-state index in [1.807, 2.05) is 39.8 Å². The highest BCUT2D eigenvalue weighted by molar-refractivity contribution is 6.32. The van der Waals surface area contributed by atoms with Crippen LogP contribution < -0.4 is 11.1 Å². The molecule has 0 spiro atoms. The molecule has 27 heavy (non-hydrogen) atoms. The van der Waals surface area contributed by atoms with Gasteiger partial charge >= 0.3 is 0 Å². The monoisotopic (exact) mass is 426 g/mol. The number of nitrogens with two attached hydrogens (primary N) is 1. The van der Waals surface area contributed by atoms with Crippen molar-refractivity contribution >= 4 is 40.6 Å². The van der Waals surface area contributed by atoms with E-state index in [-0.39, 0.29) is 16.3 Å². The maximum Gasteiger partial charge on any atom is 0.132 e. The molecule has 144 valence electrons. The van der Waals surface area contributed by atoms with Crippen molar-refractivity contribution in [1.29, 1.82) is 10.5 Å². The van der Waals surface area contributed by atoms with Gasteiger partial charge in [-0.1, -0.05) is 48.7 Å². The van der Waals surface area contributed by atoms with E-state index in [1.54, 1.807) is 6.07 Å². The summed E-state index contributed by atoms with van der Waals surface area (Å²) >= 11 is 16.7. The summed E-state index contributed by atoms with van der Waals surface area (Å²) in [5.74, 6) is 0.638. The van der Waals surface area contributed by atoms with E-state index in [1.165, 1.54) is 18.2 Å². The Kier molecular flexibility index (Phi) is 12.1. The molecule has 0 unspecified atom stereocenters. The van der Waals surface area contributed by atoms with Crippen molar-refractivity contribution in [1.82, 2.24) is 9.97 Å². The largest absolute Gasteiger partial charge is 0.368 e. The Balaban J connectivity index is 0.000000428. The molecule has 2 aromatic rings. The highest BCUT2D eigenvalue weighted by Crippen LogP contribution is 2.14. The second kappa shape index (κ2) is 13.1. The van der Waals surface area contributed by atoms with E-state index in [0.29, 0.717) is 28.1 Å². The second-order valence-corrected chi connectivity index (χ2v) is 6.99. The lowest BCUT2D eigenvalue weighted by Crippen LogP contribution is -2.11. The number of pyridine rings is 2. The van der Waals surface area contributed by atoms with Gasteiger partial charge in [-0.2, -0.15) is 10.5 Å². The zero-order chi connectivity index (χ0) is 21.0. The fourth-order valence-corrected chi connectivity index (χ4v) is 2.13. The fraction of sp³-hybridized carbons (Fsp3) is 0.333. The Bertz CT molecular complexity index is 787. The molecule has 0 atom stereocenters. The number of nitrogens with one attached hydrogen (secondary N) is 1. The fourth-order valence-electron chi connectivity index (χ4n) is 1.46. The number of nitrogens with zero attached hydrogens (tertiary/aromatic N) is 4. The van der Waals surface area contributed by atoms with Crippen LogP contribution in [0, 0.1) is 22.7 Å². The number of nitriles is 2. The van der Waals surface area contributed by atoms with E-state index >= 15 is 0 Å². The van der Waals surface area contributed by atoms with Gasteiger partial charge in [0.15, 0.2) is 0 Å². The molecule has 0 aromatic carbocycles. The standard InChI is InChI=1S/C9H10ClN3.C6H2Cl2N2.C3H9N/c1-6(2)12-9-4-7(5-11)3-8(10)13-9;7-5-1-4(3-9)2-6(8)10-5;1-3(2)4/h3-4,6H,1-2H3,(H,12,13);1-2H;3H,4H2,1-2H3. The van der Waals surface area contributed by atoms with Gasteiger partial charge in [0.1, 0.15) is 21.3 Å². The first-order valence-electron chi connectivity index (χ1n) is 7.90. The molecule has 2 rings (SSSR count). The van der Waals surface area contributed by atoms with Crippen molar-refractivity contribution in [3.05, 3.63) is 50.9 Å². The molecule has 0 aliphatic heterocycles. The molecule has 0 aliphatic rings. The summed E-state index contributed by atoms with van der Waals surface area (Å²) in [6, 6.07) is 10.6. The summed E-state index contributed by atoms with van der Waals surface area (Å²) < 4.78 is 0. The Hall–Kier alpha value is -2.09. The predicted octanol–water partition coefficient (Wildman–Crippen LogP) is 5.04. The minimum absolute atomic E-state index is 0.240. The number of rotatable bonds is 2. The van der Waals surface area contributed by atoms with E-state index in [0.717, 1.165) is 0 Å². The smallest absolute Gasteiger partial charge is 0.132 e. The molecule has 0 aliphatic carbocycles. The summed E-state index contributed by atoms with van der Waals surface area (Å²) in [4.78, 5) is 7.69. The van der Waals surface area contributed by atoms with Gasteiger partial charge in [0.2, 0.25) is 0 Å². The van der Waals surface area contributed by atoms with Crippen molar-refractivity contribution in [2.24, 2.45) is 5.73 Å². The third-order valence-electron chi connectivity index (χ3n) is 2.25. The van der Waals surface area contributed by atoms with Gasteiger partial charge in [-0.25, -0.2) is 9.97 Å². The molecule has 2 aromatic heterocycles. The number of anilines is 1. The van der Waals surface area contributed by atoms with Crippen LogP contribution in [0.15, 0.2) is 24.3 Å². The molecule has 0 saturated carbocycles. The molecule has 0 saturated heterocycles. The topological polar surface area (TPSA) is 111 Å². The highest BCUT2D eigenvalue weighted by Gasteiger charge is 2.01. The van der Waals surface area contributed by atoms with Crippen LogP contribution in [0.3, 0.4) is 0 Å². The third-order valence-corrected chi connectivity index (χ3v) is 2.83. The highest BCUT2D eigenvalue weighted by atomic mass is 35.5. The maximum absolute atomic E-state index is 8.66. The first-order chi connectivity index (χ1) is 12.6. The van der Waals surface area contributed by atoms with Crippen LogP contribution in [-0.2, 0) is 0 Å². The van der Waals surface area contributed by atoms with Crippen molar-refractivity contribution in [3.8, 4) is 12.1 Å². The minimum Gasteiger partial charge on any atom is -0.368 e. The molecule has 0 bridgehead atoms. The van der Waals surface area contributed by atoms with Gasteiger partial charge in [0, 0.05) is 6.04 Å². The molecule has 2 heterocycles. The summed E-state index contributed by atoms with van der Waals surface area (Å²) in [6.45, 7) is 7.88. The maximum atomic E-state index is 8.66. The van der Waals surface area contributed by atoms with Crippen LogP contribution >= 0.6 is 34.8 Å². The first-order valence-corrected chi connectivity index (χ1v) is 9.03. The molecule has 6 nitrogen and oxygen atoms in total. The predicted molar refractivity (Wildman–Crippen MR) is 111 cm³/mol. The lowest BCUT2D eigenvalue weighted by molar-refractivity contribution is 0.834. The van der Waals surface area contributed by atoms with Gasteiger partial charge in [0.05, 0.1) is 23.3 Å². The lowest BCUT2D eigenvalue weighted by atomic mass is 10.3. The molecule has 3 N–H and O–H groups in total. The number of halogens is 3. The zero-order valence-electron chi connectivity index (χ0n) is 15.5. The zero-order valence-corrected chi connectivity index (χ0v) is 17.7. The Morgan fingerprint density at radius 3 is 1.59 bits per heavy atom. The summed E-state index contributed by atoms with van der Waals surface area (Å²) in [5.41, 5.74) is 6.05. The average molecular weight is 428 g/mol. The van der Waals surface area contributed by atoms with Crippen LogP contribution in [-0.4, -0.2) is 22.1 Å².